The van der Waals surface area contributed by atoms with Crippen LogP contribution in [0, 0.1) is 4.77 Å². The van der Waals surface area contributed by atoms with Crippen LogP contribution in [0.25, 0.3) is 16.4 Å². The molecule has 2 heterocycles. The number of hydrogen-bond donors (Lipinski definition) is 1. The van der Waals surface area contributed by atoms with Crippen LogP contribution in [0.15, 0.2) is 6.58 Å². The second-order valence-corrected chi connectivity index (χ2v) is 5.67. The van der Waals surface area contributed by atoms with Crippen molar-refractivity contribution in [1.29, 1.82) is 0 Å². The topological polar surface area (TPSA) is 43.8 Å². The van der Waals surface area contributed by atoms with Gasteiger partial charge in [0.05, 0.1) is 5.39 Å². The van der Waals surface area contributed by atoms with Gasteiger partial charge < -0.3 is 5.73 Å². The summed E-state index contributed by atoms with van der Waals surface area (Å²) < 4.78 is 2.18. The van der Waals surface area contributed by atoms with Crippen molar-refractivity contribution in [3.8, 4) is 0 Å². The van der Waals surface area contributed by atoms with Crippen molar-refractivity contribution in [2.45, 2.75) is 25.7 Å². The summed E-state index contributed by atoms with van der Waals surface area (Å²) in [5.74, 6) is 0.689. The minimum Gasteiger partial charge on any atom is -0.384 e. The number of nitrogens with zero attached hydrogens (tertiary/aromatic N) is 2. The highest BCUT2D eigenvalue weighted by Gasteiger charge is 2.19. The van der Waals surface area contributed by atoms with Crippen molar-refractivity contribution in [1.82, 2.24) is 9.55 Å². The van der Waals surface area contributed by atoms with E-state index in [1.807, 2.05) is 0 Å². The van der Waals surface area contributed by atoms with E-state index in [1.54, 1.807) is 22.1 Å². The van der Waals surface area contributed by atoms with Crippen LogP contribution in [-0.4, -0.2) is 9.55 Å². The summed E-state index contributed by atoms with van der Waals surface area (Å²) in [5.41, 5.74) is 7.57. The van der Waals surface area contributed by atoms with Crippen LogP contribution >= 0.6 is 23.6 Å². The molecule has 2 aromatic rings. The molecule has 1 aliphatic rings. The second kappa shape index (κ2) is 3.92. The average Bonchev–Trinajstić information content (AvgIpc) is 2.67. The first-order valence-corrected chi connectivity index (χ1v) is 6.89. The number of rotatable bonds is 1. The molecule has 1 aliphatic carbocycles. The first-order valence-electron chi connectivity index (χ1n) is 5.67. The highest BCUT2D eigenvalue weighted by atomic mass is 32.1. The zero-order chi connectivity index (χ0) is 12.0. The molecule has 0 spiro atoms. The summed E-state index contributed by atoms with van der Waals surface area (Å²) in [7, 11) is 0. The number of nitrogens with two attached hydrogens (primary N) is 1. The van der Waals surface area contributed by atoms with Crippen molar-refractivity contribution >= 4 is 45.8 Å². The zero-order valence-electron chi connectivity index (χ0n) is 9.40. The Morgan fingerprint density at radius 2 is 2.18 bits per heavy atom. The molecule has 0 aromatic carbocycles. The van der Waals surface area contributed by atoms with Gasteiger partial charge in [-0.25, -0.2) is 4.98 Å². The molecular weight excluding hydrogens is 250 g/mol. The second-order valence-electron chi connectivity index (χ2n) is 4.22. The maximum Gasteiger partial charge on any atom is 0.206 e. The maximum atomic E-state index is 6.19. The molecule has 0 bridgehead atoms. The number of aryl methyl sites for hydroxylation is 2. The molecule has 2 N–H and O–H groups in total. The Bertz CT molecular complexity index is 666. The Hall–Kier alpha value is -1.20. The molecule has 0 fully saturated rings. The van der Waals surface area contributed by atoms with Crippen molar-refractivity contribution in [2.75, 3.05) is 5.73 Å². The quantitative estimate of drug-likeness (QED) is 0.802. The van der Waals surface area contributed by atoms with Gasteiger partial charge in [-0.1, -0.05) is 6.58 Å². The zero-order valence-corrected chi connectivity index (χ0v) is 11.0. The van der Waals surface area contributed by atoms with Crippen LogP contribution in [-0.2, 0) is 12.8 Å². The molecule has 0 saturated carbocycles. The molecular formula is C12H13N3S2. The van der Waals surface area contributed by atoms with E-state index in [-0.39, 0.29) is 0 Å². The molecule has 0 saturated heterocycles. The molecule has 0 amide bonds. The number of hydrogen-bond acceptors (Lipinski definition) is 4. The molecule has 0 atom stereocenters. The monoisotopic (exact) mass is 263 g/mol. The van der Waals surface area contributed by atoms with E-state index in [4.69, 9.17) is 18.0 Å². The maximum absolute atomic E-state index is 6.19. The van der Waals surface area contributed by atoms with Gasteiger partial charge in [-0.05, 0) is 43.5 Å². The first kappa shape index (κ1) is 10.9. The summed E-state index contributed by atoms with van der Waals surface area (Å²) in [5, 5.41) is 1.10. The third-order valence-electron chi connectivity index (χ3n) is 3.25. The molecule has 2 aromatic heterocycles. The van der Waals surface area contributed by atoms with Gasteiger partial charge in [-0.2, -0.15) is 0 Å². The number of nitrogen functional groups attached to an aromatic ring is 1. The van der Waals surface area contributed by atoms with Crippen molar-refractivity contribution in [3.63, 3.8) is 0 Å². The third kappa shape index (κ3) is 1.53. The molecule has 3 rings (SSSR count). The van der Waals surface area contributed by atoms with Crippen LogP contribution in [0.3, 0.4) is 0 Å². The SMILES string of the molecule is C=Cn1c(N)c2c3c(sc2nc1=S)CCCC3. The fourth-order valence-corrected chi connectivity index (χ4v) is 4.03. The molecule has 5 heteroatoms. The Morgan fingerprint density at radius 1 is 1.41 bits per heavy atom. The van der Waals surface area contributed by atoms with Gasteiger partial charge in [0.1, 0.15) is 10.6 Å². The Balaban J connectivity index is 2.44. The van der Waals surface area contributed by atoms with Crippen LogP contribution in [0.5, 0.6) is 0 Å². The van der Waals surface area contributed by atoms with Crippen LogP contribution in [0.1, 0.15) is 23.3 Å². The van der Waals surface area contributed by atoms with E-state index < -0.39 is 0 Å². The Kier molecular flexibility index (Phi) is 2.52. The van der Waals surface area contributed by atoms with Gasteiger partial charge in [0.15, 0.2) is 0 Å². The van der Waals surface area contributed by atoms with Gasteiger partial charge in [0.2, 0.25) is 4.77 Å². The van der Waals surface area contributed by atoms with E-state index in [9.17, 15) is 0 Å². The first-order chi connectivity index (χ1) is 8.22. The van der Waals surface area contributed by atoms with E-state index >= 15 is 0 Å². The normalized spacial score (nSPS) is 14.8. The number of fused-ring (bicyclic) bond motifs is 3. The summed E-state index contributed by atoms with van der Waals surface area (Å²) in [6, 6.07) is 0. The number of aromatic nitrogens is 2. The predicted molar refractivity (Wildman–Crippen MR) is 75.9 cm³/mol. The van der Waals surface area contributed by atoms with Gasteiger partial charge >= 0.3 is 0 Å². The standard InChI is InChI=1S/C12H13N3S2/c1-2-15-10(13)9-7-5-3-4-6-8(7)17-11(9)14-12(15)16/h2H,1,3-6,13H2. The van der Waals surface area contributed by atoms with Crippen molar-refractivity contribution in [3.05, 3.63) is 21.8 Å². The fraction of sp³-hybridized carbons (Fsp3) is 0.333. The molecule has 3 nitrogen and oxygen atoms in total. The summed E-state index contributed by atoms with van der Waals surface area (Å²) in [4.78, 5) is 6.87. The lowest BCUT2D eigenvalue weighted by atomic mass is 9.97. The minimum atomic E-state index is 0.489. The smallest absolute Gasteiger partial charge is 0.206 e. The molecule has 88 valence electrons. The lowest BCUT2D eigenvalue weighted by molar-refractivity contribution is 0.700. The molecule has 17 heavy (non-hydrogen) atoms. The van der Waals surface area contributed by atoms with Gasteiger partial charge in [-0.15, -0.1) is 11.3 Å². The minimum absolute atomic E-state index is 0.489. The van der Waals surface area contributed by atoms with Crippen molar-refractivity contribution in [2.24, 2.45) is 0 Å². The average molecular weight is 263 g/mol. The fourth-order valence-electron chi connectivity index (χ4n) is 2.44. The van der Waals surface area contributed by atoms with Crippen LogP contribution in [0.4, 0.5) is 5.82 Å². The van der Waals surface area contributed by atoms with Gasteiger partial charge in [-0.3, -0.25) is 4.57 Å². The van der Waals surface area contributed by atoms with Crippen LogP contribution < -0.4 is 5.73 Å². The highest BCUT2D eigenvalue weighted by Crippen LogP contribution is 2.38. The number of anilines is 1. The van der Waals surface area contributed by atoms with E-state index in [2.05, 4.69) is 11.6 Å². The largest absolute Gasteiger partial charge is 0.384 e. The van der Waals surface area contributed by atoms with Crippen LogP contribution in [0.2, 0.25) is 0 Å². The van der Waals surface area contributed by atoms with E-state index in [0.717, 1.165) is 23.1 Å². The highest BCUT2D eigenvalue weighted by molar-refractivity contribution is 7.71. The van der Waals surface area contributed by atoms with Crippen molar-refractivity contribution < 1.29 is 0 Å². The number of thiophene rings is 1. The Labute approximate surface area is 109 Å². The predicted octanol–water partition coefficient (Wildman–Crippen LogP) is 3.39. The molecule has 0 aliphatic heterocycles. The summed E-state index contributed by atoms with van der Waals surface area (Å²) in [6.07, 6.45) is 6.40. The third-order valence-corrected chi connectivity index (χ3v) is 4.73. The van der Waals surface area contributed by atoms with E-state index in [1.165, 1.54) is 23.3 Å². The van der Waals surface area contributed by atoms with Gasteiger partial charge in [0, 0.05) is 11.1 Å². The van der Waals surface area contributed by atoms with E-state index in [0.29, 0.717) is 10.6 Å². The van der Waals surface area contributed by atoms with Gasteiger partial charge in [0.25, 0.3) is 0 Å². The lowest BCUT2D eigenvalue weighted by Crippen LogP contribution is -2.05. The molecule has 0 unspecified atom stereocenters. The summed E-state index contributed by atoms with van der Waals surface area (Å²) >= 11 is 6.96. The lowest BCUT2D eigenvalue weighted by Gasteiger charge is -2.12. The summed E-state index contributed by atoms with van der Waals surface area (Å²) in [6.45, 7) is 3.74. The molecule has 0 radical (unpaired) electrons. The Morgan fingerprint density at radius 3 is 2.94 bits per heavy atom.